The number of esters is 1. The smallest absolute Gasteiger partial charge is 0.335 e. The first-order chi connectivity index (χ1) is 9.66. The molecule has 3 atom stereocenters. The van der Waals surface area contributed by atoms with Crippen molar-refractivity contribution in [3.05, 3.63) is 0 Å². The zero-order valence-corrected chi connectivity index (χ0v) is 12.1. The molecular weight excluding hydrogens is 282 g/mol. The zero-order chi connectivity index (χ0) is 14.4. The van der Waals surface area contributed by atoms with Crippen molar-refractivity contribution in [2.24, 2.45) is 5.73 Å². The van der Waals surface area contributed by atoms with E-state index < -0.39 is 12.0 Å². The highest BCUT2D eigenvalue weighted by Crippen LogP contribution is 2.13. The van der Waals surface area contributed by atoms with Crippen LogP contribution in [0.5, 0.6) is 0 Å². The number of carbonyl (C=O) groups excluding carboxylic acids is 2. The Kier molecular flexibility index (Phi) is 6.08. The fraction of sp³-hybridized carbons (Fsp3) is 0.833. The van der Waals surface area contributed by atoms with Gasteiger partial charge in [-0.05, 0) is 38.8 Å². The summed E-state index contributed by atoms with van der Waals surface area (Å²) in [4.78, 5) is 23.3. The fourth-order valence-corrected chi connectivity index (χ4v) is 2.74. The molecule has 7 nitrogen and oxygen atoms in total. The summed E-state index contributed by atoms with van der Waals surface area (Å²) in [6, 6.07) is -1.01. The summed E-state index contributed by atoms with van der Waals surface area (Å²) in [7, 11) is 0. The van der Waals surface area contributed by atoms with E-state index in [9.17, 15) is 9.59 Å². The van der Waals surface area contributed by atoms with Gasteiger partial charge in [0, 0.05) is 0 Å². The molecule has 0 amide bonds. The van der Waals surface area contributed by atoms with E-state index in [1.807, 2.05) is 0 Å². The topological polar surface area (TPSA) is 103 Å². The third kappa shape index (κ3) is 4.62. The van der Waals surface area contributed by atoms with Crippen molar-refractivity contribution < 1.29 is 18.5 Å². The molecule has 1 unspecified atom stereocenters. The summed E-state index contributed by atoms with van der Waals surface area (Å²) in [5.74, 6) is -0.568. The van der Waals surface area contributed by atoms with Crippen LogP contribution in [0.4, 0.5) is 0 Å². The number of ether oxygens (including phenoxy) is 1. The molecule has 2 saturated heterocycles. The van der Waals surface area contributed by atoms with Gasteiger partial charge in [0.05, 0.1) is 17.8 Å². The number of hydrogen-bond donors (Lipinski definition) is 3. The predicted octanol–water partition coefficient (Wildman–Crippen LogP) is -0.490. The van der Waals surface area contributed by atoms with Crippen molar-refractivity contribution >= 4 is 24.0 Å². The van der Waals surface area contributed by atoms with E-state index in [1.165, 1.54) is 0 Å². The van der Waals surface area contributed by atoms with Crippen LogP contribution in [0, 0.1) is 0 Å². The average molecular weight is 303 g/mol. The Balaban J connectivity index is 1.60. The van der Waals surface area contributed by atoms with Crippen LogP contribution in [0.2, 0.25) is 0 Å². The molecule has 114 valence electrons. The van der Waals surface area contributed by atoms with Gasteiger partial charge in [0.1, 0.15) is 12.1 Å². The normalized spacial score (nSPS) is 27.2. The van der Waals surface area contributed by atoms with Gasteiger partial charge >= 0.3 is 11.9 Å². The minimum Gasteiger partial charge on any atom is -0.445 e. The van der Waals surface area contributed by atoms with Gasteiger partial charge in [-0.2, -0.15) is 0 Å². The molecule has 0 spiro atoms. The molecule has 2 aliphatic heterocycles. The van der Waals surface area contributed by atoms with Gasteiger partial charge in [-0.1, -0.05) is 0 Å². The standard InChI is InChI=1S/C12H21N3O4S/c13-8(11(16)18-10-4-2-6-15-10)7-20-19-12(17)9-3-1-5-14-9/h8-10,14-15H,1-7,13H2/t8-,9-,10?/m0/s1. The van der Waals surface area contributed by atoms with Crippen molar-refractivity contribution in [1.29, 1.82) is 0 Å². The van der Waals surface area contributed by atoms with Crippen molar-refractivity contribution in [2.75, 3.05) is 18.8 Å². The quantitative estimate of drug-likeness (QED) is 0.446. The van der Waals surface area contributed by atoms with Crippen molar-refractivity contribution in [3.63, 3.8) is 0 Å². The highest BCUT2D eigenvalue weighted by atomic mass is 32.2. The zero-order valence-electron chi connectivity index (χ0n) is 11.3. The van der Waals surface area contributed by atoms with Gasteiger partial charge in [0.15, 0.2) is 6.23 Å². The average Bonchev–Trinajstić information content (AvgIpc) is 3.11. The first-order valence-corrected chi connectivity index (χ1v) is 7.84. The number of carbonyl (C=O) groups is 2. The molecule has 0 radical (unpaired) electrons. The number of nitrogens with two attached hydrogens (primary N) is 1. The summed E-state index contributed by atoms with van der Waals surface area (Å²) in [6.45, 7) is 1.69. The van der Waals surface area contributed by atoms with Crippen molar-refractivity contribution in [1.82, 2.24) is 10.6 Å². The molecular formula is C12H21N3O4S. The number of hydrogen-bond acceptors (Lipinski definition) is 8. The van der Waals surface area contributed by atoms with Crippen LogP contribution in [-0.4, -0.2) is 49.1 Å². The van der Waals surface area contributed by atoms with Crippen LogP contribution in [0.15, 0.2) is 0 Å². The van der Waals surface area contributed by atoms with Gasteiger partial charge in [0.2, 0.25) is 0 Å². The summed E-state index contributed by atoms with van der Waals surface area (Å²) in [5.41, 5.74) is 5.70. The second-order valence-electron chi connectivity index (χ2n) is 4.96. The molecule has 20 heavy (non-hydrogen) atoms. The first kappa shape index (κ1) is 15.6. The molecule has 0 saturated carbocycles. The van der Waals surface area contributed by atoms with Gasteiger partial charge in [-0.25, -0.2) is 4.79 Å². The predicted molar refractivity (Wildman–Crippen MR) is 74.7 cm³/mol. The second kappa shape index (κ2) is 7.82. The molecule has 0 aromatic rings. The van der Waals surface area contributed by atoms with E-state index in [-0.39, 0.29) is 24.0 Å². The third-order valence-corrected chi connectivity index (χ3v) is 4.09. The summed E-state index contributed by atoms with van der Waals surface area (Å²) in [6.07, 6.45) is 3.34. The lowest BCUT2D eigenvalue weighted by Gasteiger charge is -2.16. The molecule has 0 bridgehead atoms. The van der Waals surface area contributed by atoms with Gasteiger partial charge in [-0.15, -0.1) is 0 Å². The monoisotopic (exact) mass is 303 g/mol. The Bertz CT molecular complexity index is 344. The van der Waals surface area contributed by atoms with Crippen LogP contribution in [0.25, 0.3) is 0 Å². The van der Waals surface area contributed by atoms with E-state index in [1.54, 1.807) is 0 Å². The highest BCUT2D eigenvalue weighted by molar-refractivity contribution is 7.95. The Labute approximate surface area is 122 Å². The molecule has 8 heteroatoms. The van der Waals surface area contributed by atoms with Gasteiger partial charge in [-0.3, -0.25) is 10.1 Å². The lowest BCUT2D eigenvalue weighted by molar-refractivity contribution is -0.150. The van der Waals surface area contributed by atoms with Crippen LogP contribution in [-0.2, 0) is 18.5 Å². The summed E-state index contributed by atoms with van der Waals surface area (Å²) < 4.78 is 10.2. The molecule has 0 aliphatic carbocycles. The van der Waals surface area contributed by atoms with Crippen LogP contribution < -0.4 is 16.4 Å². The minimum absolute atomic E-state index is 0.198. The maximum Gasteiger partial charge on any atom is 0.335 e. The molecule has 2 aliphatic rings. The van der Waals surface area contributed by atoms with E-state index in [4.69, 9.17) is 14.7 Å². The molecule has 2 heterocycles. The number of nitrogens with one attached hydrogen (secondary N) is 2. The molecule has 2 fully saturated rings. The maximum absolute atomic E-state index is 11.7. The van der Waals surface area contributed by atoms with Crippen LogP contribution >= 0.6 is 12.0 Å². The first-order valence-electron chi connectivity index (χ1n) is 6.93. The summed E-state index contributed by atoms with van der Waals surface area (Å²) in [5, 5.41) is 6.10. The lowest BCUT2D eigenvalue weighted by atomic mass is 10.2. The highest BCUT2D eigenvalue weighted by Gasteiger charge is 2.26. The molecule has 0 aromatic carbocycles. The minimum atomic E-state index is -0.785. The Morgan fingerprint density at radius 1 is 1.25 bits per heavy atom. The molecule has 0 aromatic heterocycles. The van der Waals surface area contributed by atoms with Crippen molar-refractivity contribution in [3.8, 4) is 0 Å². The maximum atomic E-state index is 11.7. The summed E-state index contributed by atoms with van der Waals surface area (Å²) >= 11 is 0.907. The second-order valence-corrected chi connectivity index (χ2v) is 5.70. The largest absolute Gasteiger partial charge is 0.445 e. The van der Waals surface area contributed by atoms with Gasteiger partial charge in [0.25, 0.3) is 0 Å². The molecule has 4 N–H and O–H groups in total. The Morgan fingerprint density at radius 2 is 2.00 bits per heavy atom. The molecule has 2 rings (SSSR count). The van der Waals surface area contributed by atoms with Gasteiger partial charge < -0.3 is 20.0 Å². The lowest BCUT2D eigenvalue weighted by Crippen LogP contribution is -2.39. The van der Waals surface area contributed by atoms with E-state index in [0.717, 1.165) is 50.8 Å². The van der Waals surface area contributed by atoms with E-state index in [0.29, 0.717) is 0 Å². The Morgan fingerprint density at radius 3 is 2.65 bits per heavy atom. The third-order valence-electron chi connectivity index (χ3n) is 3.31. The van der Waals surface area contributed by atoms with E-state index in [2.05, 4.69) is 10.6 Å². The Hall–Kier alpha value is -0.830. The van der Waals surface area contributed by atoms with Crippen LogP contribution in [0.3, 0.4) is 0 Å². The van der Waals surface area contributed by atoms with E-state index >= 15 is 0 Å². The number of rotatable bonds is 6. The van der Waals surface area contributed by atoms with Crippen LogP contribution in [0.1, 0.15) is 25.7 Å². The fourth-order valence-electron chi connectivity index (χ4n) is 2.16. The SMILES string of the molecule is N[C@@H](CSOC(=O)[C@@H]1CCCN1)C(=O)OC1CCCN1. The van der Waals surface area contributed by atoms with Crippen molar-refractivity contribution in [2.45, 2.75) is 44.0 Å².